The predicted molar refractivity (Wildman–Crippen MR) is 60.7 cm³/mol. The van der Waals surface area contributed by atoms with Crippen LogP contribution in [-0.2, 0) is 0 Å². The Morgan fingerprint density at radius 1 is 1.56 bits per heavy atom. The molecule has 1 unspecified atom stereocenters. The summed E-state index contributed by atoms with van der Waals surface area (Å²) in [7, 11) is 0. The minimum Gasteiger partial charge on any atom is -0.364 e. The quantitative estimate of drug-likeness (QED) is 0.797. The molecule has 16 heavy (non-hydrogen) atoms. The van der Waals surface area contributed by atoms with E-state index in [4.69, 9.17) is 0 Å². The van der Waals surface area contributed by atoms with Gasteiger partial charge >= 0.3 is 0 Å². The highest BCUT2D eigenvalue weighted by Crippen LogP contribution is 2.28. The highest BCUT2D eigenvalue weighted by molar-refractivity contribution is 5.36. The summed E-state index contributed by atoms with van der Waals surface area (Å²) in [5.74, 6) is -0.0909. The molecule has 1 saturated heterocycles. The fraction of sp³-hybridized carbons (Fsp3) is 0.636. The van der Waals surface area contributed by atoms with Crippen LogP contribution in [0.4, 0.5) is 10.2 Å². The normalized spacial score (nSPS) is 24.1. The molecule has 1 aromatic rings. The number of rotatable bonds is 2. The third-order valence-corrected chi connectivity index (χ3v) is 3.11. The molecule has 4 nitrogen and oxygen atoms in total. The first-order valence-corrected chi connectivity index (χ1v) is 5.52. The zero-order valence-electron chi connectivity index (χ0n) is 9.63. The zero-order chi connectivity index (χ0) is 11.6. The van der Waals surface area contributed by atoms with Gasteiger partial charge in [0.25, 0.3) is 0 Å². The Balaban J connectivity index is 2.12. The number of hydrogen-bond donors (Lipinski definition) is 2. The summed E-state index contributed by atoms with van der Waals surface area (Å²) < 4.78 is 13.4. The molecule has 2 heterocycles. The largest absolute Gasteiger partial charge is 0.364 e. The van der Waals surface area contributed by atoms with E-state index < -0.39 is 5.82 Å². The molecular formula is C11H17FN4. The van der Waals surface area contributed by atoms with Gasteiger partial charge in [0, 0.05) is 12.6 Å². The lowest BCUT2D eigenvalue weighted by molar-refractivity contribution is 0.235. The van der Waals surface area contributed by atoms with Crippen LogP contribution in [0.3, 0.4) is 0 Å². The van der Waals surface area contributed by atoms with Crippen LogP contribution in [0.1, 0.15) is 20.3 Å². The highest BCUT2D eigenvalue weighted by Gasteiger charge is 2.32. The van der Waals surface area contributed by atoms with Crippen molar-refractivity contribution in [2.24, 2.45) is 5.41 Å². The lowest BCUT2D eigenvalue weighted by Crippen LogP contribution is -2.49. The number of anilines is 1. The van der Waals surface area contributed by atoms with Gasteiger partial charge in [-0.15, -0.1) is 0 Å². The fourth-order valence-corrected chi connectivity index (χ4v) is 2.02. The number of piperidine rings is 1. The Morgan fingerprint density at radius 3 is 3.06 bits per heavy atom. The van der Waals surface area contributed by atoms with Gasteiger partial charge in [-0.1, -0.05) is 13.8 Å². The van der Waals surface area contributed by atoms with Gasteiger partial charge in [-0.2, -0.15) is 0 Å². The number of hydrogen-bond acceptors (Lipinski definition) is 4. The van der Waals surface area contributed by atoms with Gasteiger partial charge in [0.1, 0.15) is 6.33 Å². The molecule has 1 aliphatic heterocycles. The molecule has 0 spiro atoms. The number of nitrogens with one attached hydrogen (secondary N) is 2. The molecule has 0 bridgehead atoms. The number of nitrogens with zero attached hydrogens (tertiary/aromatic N) is 2. The monoisotopic (exact) mass is 224 g/mol. The van der Waals surface area contributed by atoms with Crippen molar-refractivity contribution in [3.05, 3.63) is 18.3 Å². The first-order valence-electron chi connectivity index (χ1n) is 5.52. The molecule has 0 amide bonds. The first-order chi connectivity index (χ1) is 7.59. The maximum atomic E-state index is 13.4. The Bertz CT molecular complexity index is 367. The van der Waals surface area contributed by atoms with Crippen molar-refractivity contribution in [1.29, 1.82) is 0 Å². The van der Waals surface area contributed by atoms with Crippen LogP contribution in [0.25, 0.3) is 0 Å². The highest BCUT2D eigenvalue weighted by atomic mass is 19.1. The molecule has 0 saturated carbocycles. The van der Waals surface area contributed by atoms with Crippen molar-refractivity contribution in [3.63, 3.8) is 0 Å². The van der Waals surface area contributed by atoms with Crippen molar-refractivity contribution >= 4 is 5.82 Å². The van der Waals surface area contributed by atoms with Crippen LogP contribution in [-0.4, -0.2) is 29.1 Å². The van der Waals surface area contributed by atoms with Crippen LogP contribution in [0.15, 0.2) is 12.5 Å². The summed E-state index contributed by atoms with van der Waals surface area (Å²) in [6, 6.07) is 0.234. The molecule has 1 atom stereocenters. The van der Waals surface area contributed by atoms with E-state index >= 15 is 0 Å². The molecule has 88 valence electrons. The first kappa shape index (κ1) is 11.3. The van der Waals surface area contributed by atoms with Crippen molar-refractivity contribution in [3.8, 4) is 0 Å². The lowest BCUT2D eigenvalue weighted by Gasteiger charge is -2.39. The second-order valence-corrected chi connectivity index (χ2v) is 4.87. The van der Waals surface area contributed by atoms with E-state index in [0.717, 1.165) is 19.5 Å². The molecule has 1 aromatic heterocycles. The lowest BCUT2D eigenvalue weighted by atomic mass is 9.80. The molecule has 0 radical (unpaired) electrons. The summed E-state index contributed by atoms with van der Waals surface area (Å²) in [6.45, 7) is 6.21. The van der Waals surface area contributed by atoms with E-state index in [9.17, 15) is 4.39 Å². The van der Waals surface area contributed by atoms with E-state index in [-0.39, 0.29) is 11.5 Å². The molecular weight excluding hydrogens is 207 g/mol. The third-order valence-electron chi connectivity index (χ3n) is 3.11. The Morgan fingerprint density at radius 2 is 2.38 bits per heavy atom. The van der Waals surface area contributed by atoms with E-state index in [1.165, 1.54) is 12.5 Å². The topological polar surface area (TPSA) is 49.8 Å². The molecule has 0 aromatic carbocycles. The van der Waals surface area contributed by atoms with Crippen molar-refractivity contribution in [2.45, 2.75) is 26.3 Å². The summed E-state index contributed by atoms with van der Waals surface area (Å²) in [6.07, 6.45) is 3.51. The molecule has 5 heteroatoms. The van der Waals surface area contributed by atoms with Gasteiger partial charge in [-0.25, -0.2) is 14.4 Å². The summed E-state index contributed by atoms with van der Waals surface area (Å²) >= 11 is 0. The van der Waals surface area contributed by atoms with E-state index in [1.807, 2.05) is 0 Å². The zero-order valence-corrected chi connectivity index (χ0v) is 9.63. The Labute approximate surface area is 94.7 Å². The molecule has 1 fully saturated rings. The summed E-state index contributed by atoms with van der Waals surface area (Å²) in [5, 5.41) is 6.51. The molecule has 2 N–H and O–H groups in total. The van der Waals surface area contributed by atoms with Gasteiger partial charge < -0.3 is 10.6 Å². The molecule has 1 aliphatic rings. The average molecular weight is 224 g/mol. The summed E-state index contributed by atoms with van der Waals surface area (Å²) in [4.78, 5) is 7.56. The minimum atomic E-state index is -0.392. The minimum absolute atomic E-state index is 0.0929. The predicted octanol–water partition coefficient (Wildman–Crippen LogP) is 1.42. The third kappa shape index (κ3) is 2.29. The second kappa shape index (κ2) is 4.33. The SMILES string of the molecule is CC1(C)CNCCC1Nc1ncncc1F. The maximum absolute atomic E-state index is 13.4. The van der Waals surface area contributed by atoms with Crippen LogP contribution < -0.4 is 10.6 Å². The Hall–Kier alpha value is -1.23. The van der Waals surface area contributed by atoms with Crippen LogP contribution >= 0.6 is 0 Å². The number of aromatic nitrogens is 2. The average Bonchev–Trinajstić information content (AvgIpc) is 2.24. The maximum Gasteiger partial charge on any atom is 0.183 e. The van der Waals surface area contributed by atoms with E-state index in [0.29, 0.717) is 5.82 Å². The van der Waals surface area contributed by atoms with Crippen LogP contribution in [0, 0.1) is 11.2 Å². The van der Waals surface area contributed by atoms with Crippen molar-refractivity contribution in [1.82, 2.24) is 15.3 Å². The van der Waals surface area contributed by atoms with E-state index in [1.54, 1.807) is 0 Å². The van der Waals surface area contributed by atoms with Crippen LogP contribution in [0.5, 0.6) is 0 Å². The van der Waals surface area contributed by atoms with Crippen molar-refractivity contribution < 1.29 is 4.39 Å². The van der Waals surface area contributed by atoms with Gasteiger partial charge in [-0.05, 0) is 18.4 Å². The smallest absolute Gasteiger partial charge is 0.183 e. The van der Waals surface area contributed by atoms with Crippen LogP contribution in [0.2, 0.25) is 0 Å². The fourth-order valence-electron chi connectivity index (χ4n) is 2.02. The Kier molecular flexibility index (Phi) is 3.05. The van der Waals surface area contributed by atoms with Gasteiger partial charge in [0.15, 0.2) is 11.6 Å². The second-order valence-electron chi connectivity index (χ2n) is 4.87. The van der Waals surface area contributed by atoms with Gasteiger partial charge in [-0.3, -0.25) is 0 Å². The summed E-state index contributed by atoms with van der Waals surface area (Å²) in [5.41, 5.74) is 0.0929. The molecule has 2 rings (SSSR count). The standard InChI is InChI=1S/C11H17FN4/c1-11(2)6-13-4-3-9(11)16-10-8(12)5-14-7-15-10/h5,7,9,13H,3-4,6H2,1-2H3,(H,14,15,16). The van der Waals surface area contributed by atoms with E-state index in [2.05, 4.69) is 34.4 Å². The number of halogens is 1. The van der Waals surface area contributed by atoms with Gasteiger partial charge in [0.05, 0.1) is 6.20 Å². The molecule has 0 aliphatic carbocycles. The van der Waals surface area contributed by atoms with Crippen molar-refractivity contribution in [2.75, 3.05) is 18.4 Å². The van der Waals surface area contributed by atoms with Gasteiger partial charge in [0.2, 0.25) is 0 Å².